The van der Waals surface area contributed by atoms with Gasteiger partial charge in [0.15, 0.2) is 0 Å². The normalized spacial score (nSPS) is 23.9. The number of alkyl halides is 3. The summed E-state index contributed by atoms with van der Waals surface area (Å²) in [6.45, 7) is 1.72. The third-order valence-electron chi connectivity index (χ3n) is 3.54. The van der Waals surface area contributed by atoms with E-state index in [1.54, 1.807) is 7.05 Å². The van der Waals surface area contributed by atoms with E-state index in [4.69, 9.17) is 0 Å². The molecule has 0 saturated carbocycles. The molecule has 2 rings (SSSR count). The Bertz CT molecular complexity index is 560. The third kappa shape index (κ3) is 3.18. The summed E-state index contributed by atoms with van der Waals surface area (Å²) in [6, 6.07) is 0. The fourth-order valence-electron chi connectivity index (χ4n) is 2.22. The highest BCUT2D eigenvalue weighted by Crippen LogP contribution is 2.42. The molecule has 21 heavy (non-hydrogen) atoms. The van der Waals surface area contributed by atoms with Crippen LogP contribution >= 0.6 is 11.8 Å². The maximum absolute atomic E-state index is 13.5. The molecular weight excluding hydrogens is 306 g/mol. The van der Waals surface area contributed by atoms with Crippen molar-refractivity contribution in [3.05, 3.63) is 45.8 Å². The Morgan fingerprint density at radius 1 is 1.38 bits per heavy atom. The fraction of sp³-hybridized carbons (Fsp3) is 0.429. The zero-order chi connectivity index (χ0) is 15.8. The van der Waals surface area contributed by atoms with E-state index in [1.807, 2.05) is 11.8 Å². The summed E-state index contributed by atoms with van der Waals surface area (Å²) >= 11 is 1.38. The summed E-state index contributed by atoms with van der Waals surface area (Å²) in [5.41, 5.74) is 0.289. The van der Waals surface area contributed by atoms with Gasteiger partial charge in [-0.3, -0.25) is 0 Å². The van der Waals surface area contributed by atoms with Crippen LogP contribution < -0.4 is 0 Å². The molecule has 0 fully saturated rings. The minimum absolute atomic E-state index is 0.107. The van der Waals surface area contributed by atoms with E-state index in [9.17, 15) is 22.7 Å². The zero-order valence-electron chi connectivity index (χ0n) is 11.5. The maximum atomic E-state index is 13.5. The monoisotopic (exact) mass is 321 g/mol. The van der Waals surface area contributed by atoms with Crippen molar-refractivity contribution >= 4 is 11.8 Å². The first-order valence-electron chi connectivity index (χ1n) is 6.29. The summed E-state index contributed by atoms with van der Waals surface area (Å²) in [5, 5.41) is 9.04. The number of aliphatic hydroxyl groups is 1. The number of hydrogen-bond donors (Lipinski definition) is 1. The van der Waals surface area contributed by atoms with Gasteiger partial charge in [-0.05, 0) is 31.1 Å². The van der Waals surface area contributed by atoms with Gasteiger partial charge in [0, 0.05) is 17.6 Å². The molecule has 1 aliphatic carbocycles. The smallest absolute Gasteiger partial charge is 0.391 e. The molecule has 1 atom stereocenters. The number of thioether (sulfide) groups is 1. The van der Waals surface area contributed by atoms with Crippen LogP contribution in [0.5, 0.6) is 0 Å². The van der Waals surface area contributed by atoms with Crippen molar-refractivity contribution in [1.82, 2.24) is 4.90 Å². The van der Waals surface area contributed by atoms with Crippen LogP contribution in [0.3, 0.4) is 0 Å². The lowest BCUT2D eigenvalue weighted by Crippen LogP contribution is -2.24. The maximum Gasteiger partial charge on any atom is 0.419 e. The molecule has 0 saturated heterocycles. The molecule has 2 aliphatic rings. The summed E-state index contributed by atoms with van der Waals surface area (Å²) in [4.78, 5) is 2.65. The molecule has 0 aromatic rings. The van der Waals surface area contributed by atoms with Gasteiger partial charge in [-0.25, -0.2) is 4.39 Å². The zero-order valence-corrected chi connectivity index (χ0v) is 12.4. The van der Waals surface area contributed by atoms with Gasteiger partial charge < -0.3 is 10.0 Å². The molecule has 7 heteroatoms. The fourth-order valence-corrected chi connectivity index (χ4v) is 3.52. The van der Waals surface area contributed by atoms with Crippen molar-refractivity contribution in [3.63, 3.8) is 0 Å². The van der Waals surface area contributed by atoms with Crippen molar-refractivity contribution in [1.29, 1.82) is 0 Å². The number of nitrogens with zero attached hydrogens (tertiary/aromatic N) is 1. The van der Waals surface area contributed by atoms with Crippen LogP contribution in [0, 0.1) is 0 Å². The summed E-state index contributed by atoms with van der Waals surface area (Å²) in [7, 11) is 1.80. The van der Waals surface area contributed by atoms with Gasteiger partial charge in [0.05, 0.1) is 12.2 Å². The molecule has 116 valence electrons. The van der Waals surface area contributed by atoms with Gasteiger partial charge in [-0.1, -0.05) is 17.8 Å². The molecular formula is C14H15F4NOS. The average Bonchev–Trinajstić information content (AvgIpc) is 2.58. The van der Waals surface area contributed by atoms with E-state index in [2.05, 4.69) is 0 Å². The number of halogens is 4. The number of allylic oxidation sites excluding steroid dienone is 6. The minimum Gasteiger partial charge on any atom is -0.391 e. The molecule has 0 aromatic heterocycles. The second kappa shape index (κ2) is 5.88. The van der Waals surface area contributed by atoms with Crippen LogP contribution in [0.4, 0.5) is 17.6 Å². The predicted octanol–water partition coefficient (Wildman–Crippen LogP) is 3.89. The van der Waals surface area contributed by atoms with Gasteiger partial charge in [0.25, 0.3) is 0 Å². The van der Waals surface area contributed by atoms with Crippen molar-refractivity contribution in [3.8, 4) is 0 Å². The molecule has 1 N–H and O–H groups in total. The van der Waals surface area contributed by atoms with E-state index >= 15 is 0 Å². The standard InChI is InChI=1S/C14H15F4NOS/c1-8-12(7-20)21-13(19(8)2)9-3-5-10(14(16,17)18)11(15)6-4-9/h3,5-6,13,20H,4,7H2,1-2H3. The SMILES string of the molecule is CC1=C(CO)SC(C2=CC=C(C(F)(F)F)C(F)=CC2)N1C. The molecule has 1 aliphatic heterocycles. The van der Waals surface area contributed by atoms with Gasteiger partial charge >= 0.3 is 6.18 Å². The van der Waals surface area contributed by atoms with Crippen LogP contribution in [-0.4, -0.2) is 35.2 Å². The molecule has 1 unspecified atom stereocenters. The second-order valence-corrected chi connectivity index (χ2v) is 6.00. The Hall–Kier alpha value is -1.21. The molecule has 0 spiro atoms. The van der Waals surface area contributed by atoms with Crippen LogP contribution in [-0.2, 0) is 0 Å². The van der Waals surface area contributed by atoms with Crippen molar-refractivity contribution < 1.29 is 22.7 Å². The highest BCUT2D eigenvalue weighted by atomic mass is 32.2. The van der Waals surface area contributed by atoms with Crippen molar-refractivity contribution in [2.75, 3.05) is 13.7 Å². The Morgan fingerprint density at radius 2 is 2.05 bits per heavy atom. The van der Waals surface area contributed by atoms with Gasteiger partial charge in [0.1, 0.15) is 11.2 Å². The first-order chi connectivity index (χ1) is 9.75. The largest absolute Gasteiger partial charge is 0.419 e. The third-order valence-corrected chi connectivity index (χ3v) is 5.09. The Morgan fingerprint density at radius 3 is 2.57 bits per heavy atom. The van der Waals surface area contributed by atoms with Crippen LogP contribution in [0.1, 0.15) is 13.3 Å². The molecule has 2 nitrogen and oxygen atoms in total. The molecule has 0 bridgehead atoms. The number of rotatable bonds is 2. The van der Waals surface area contributed by atoms with Gasteiger partial charge in [-0.2, -0.15) is 13.2 Å². The van der Waals surface area contributed by atoms with Crippen LogP contribution in [0.25, 0.3) is 0 Å². The minimum atomic E-state index is -4.70. The van der Waals surface area contributed by atoms with Gasteiger partial charge in [0.2, 0.25) is 0 Å². The number of likely N-dealkylation sites (N-methyl/N-ethyl adjacent to an activating group) is 1. The Balaban J connectivity index is 2.28. The van der Waals surface area contributed by atoms with Crippen molar-refractivity contribution in [2.24, 2.45) is 0 Å². The first kappa shape index (κ1) is 16.2. The first-order valence-corrected chi connectivity index (χ1v) is 7.17. The Kier molecular flexibility index (Phi) is 4.53. The van der Waals surface area contributed by atoms with E-state index in [1.165, 1.54) is 17.8 Å². The topological polar surface area (TPSA) is 23.5 Å². The lowest BCUT2D eigenvalue weighted by atomic mass is 10.1. The molecule has 0 amide bonds. The lowest BCUT2D eigenvalue weighted by Gasteiger charge is -2.24. The Labute approximate surface area is 124 Å². The predicted molar refractivity (Wildman–Crippen MR) is 75.0 cm³/mol. The van der Waals surface area contributed by atoms with Crippen molar-refractivity contribution in [2.45, 2.75) is 24.9 Å². The van der Waals surface area contributed by atoms with E-state index in [0.717, 1.165) is 22.8 Å². The highest BCUT2D eigenvalue weighted by molar-refractivity contribution is 8.04. The van der Waals surface area contributed by atoms with E-state index < -0.39 is 17.6 Å². The van der Waals surface area contributed by atoms with Crippen LogP contribution in [0.15, 0.2) is 45.8 Å². The number of hydrogen-bond acceptors (Lipinski definition) is 3. The molecule has 0 aromatic carbocycles. The van der Waals surface area contributed by atoms with E-state index in [-0.39, 0.29) is 18.4 Å². The number of aliphatic hydroxyl groups excluding tert-OH is 1. The van der Waals surface area contributed by atoms with E-state index in [0.29, 0.717) is 5.57 Å². The van der Waals surface area contributed by atoms with Gasteiger partial charge in [-0.15, -0.1) is 0 Å². The summed E-state index contributed by atoms with van der Waals surface area (Å²) < 4.78 is 51.6. The summed E-state index contributed by atoms with van der Waals surface area (Å²) in [5.74, 6) is -1.24. The highest BCUT2D eigenvalue weighted by Gasteiger charge is 2.37. The molecule has 1 heterocycles. The second-order valence-electron chi connectivity index (χ2n) is 4.82. The molecule has 0 radical (unpaired) electrons. The lowest BCUT2D eigenvalue weighted by molar-refractivity contribution is -0.0910. The average molecular weight is 321 g/mol. The van der Waals surface area contributed by atoms with Crippen LogP contribution in [0.2, 0.25) is 0 Å². The quantitative estimate of drug-likeness (QED) is 0.781. The summed E-state index contributed by atoms with van der Waals surface area (Å²) in [6.07, 6.45) is -1.52.